The average Bonchev–Trinajstić information content (AvgIpc) is 2.79. The molecule has 2 aromatic rings. The van der Waals surface area contributed by atoms with Crippen LogP contribution < -0.4 is 4.90 Å². The molecule has 0 radical (unpaired) electrons. The van der Waals surface area contributed by atoms with Crippen molar-refractivity contribution in [2.24, 2.45) is 5.92 Å². The van der Waals surface area contributed by atoms with Crippen LogP contribution in [0.1, 0.15) is 74.6 Å². The van der Waals surface area contributed by atoms with Crippen molar-refractivity contribution in [3.8, 4) is 0 Å². The number of carbonyl (C=O) groups excluding carboxylic acids is 2. The van der Waals surface area contributed by atoms with Crippen LogP contribution in [0, 0.1) is 12.8 Å². The fraction of sp³-hybridized carbons (Fsp3) is 0.538. The quantitative estimate of drug-likeness (QED) is 0.676. The molecule has 0 spiro atoms. The number of nitrogens with zero attached hydrogens (tertiary/aromatic N) is 4. The molecule has 0 N–H and O–H groups in total. The van der Waals surface area contributed by atoms with Gasteiger partial charge in [-0.1, -0.05) is 44.2 Å². The van der Waals surface area contributed by atoms with Gasteiger partial charge in [-0.15, -0.1) is 0 Å². The summed E-state index contributed by atoms with van der Waals surface area (Å²) in [5.74, 6) is 2.11. The van der Waals surface area contributed by atoms with Gasteiger partial charge >= 0.3 is 0 Å². The van der Waals surface area contributed by atoms with Gasteiger partial charge in [0.2, 0.25) is 11.8 Å². The van der Waals surface area contributed by atoms with Crippen LogP contribution in [-0.2, 0) is 22.4 Å². The number of aromatic nitrogens is 2. The van der Waals surface area contributed by atoms with Crippen LogP contribution in [0.2, 0.25) is 0 Å². The smallest absolute Gasteiger partial charge is 0.228 e. The maximum Gasteiger partial charge on any atom is 0.228 e. The molecule has 1 unspecified atom stereocenters. The van der Waals surface area contributed by atoms with Crippen LogP contribution in [-0.4, -0.2) is 39.8 Å². The molecular weight excluding hydrogens is 400 g/mol. The number of anilines is 1. The summed E-state index contributed by atoms with van der Waals surface area (Å²) in [6.07, 6.45) is 5.37. The van der Waals surface area contributed by atoms with Crippen molar-refractivity contribution < 1.29 is 9.59 Å². The number of likely N-dealkylation sites (tertiary alicyclic amines) is 1. The van der Waals surface area contributed by atoms with Gasteiger partial charge in [0.1, 0.15) is 5.82 Å². The van der Waals surface area contributed by atoms with E-state index in [1.54, 1.807) is 0 Å². The molecule has 1 aromatic carbocycles. The Bertz CT molecular complexity index is 973. The second-order valence-electron chi connectivity index (χ2n) is 9.45. The van der Waals surface area contributed by atoms with Crippen LogP contribution in [0.3, 0.4) is 0 Å². The monoisotopic (exact) mass is 434 g/mol. The molecule has 1 saturated heterocycles. The lowest BCUT2D eigenvalue weighted by molar-refractivity contribution is -0.135. The maximum atomic E-state index is 13.2. The molecule has 1 fully saturated rings. The van der Waals surface area contributed by atoms with Crippen LogP contribution in [0.15, 0.2) is 30.3 Å². The lowest BCUT2D eigenvalue weighted by Gasteiger charge is -2.36. The Morgan fingerprint density at radius 1 is 1.12 bits per heavy atom. The van der Waals surface area contributed by atoms with Gasteiger partial charge in [0.05, 0.1) is 6.04 Å². The highest BCUT2D eigenvalue weighted by Crippen LogP contribution is 2.34. The van der Waals surface area contributed by atoms with Crippen molar-refractivity contribution >= 4 is 17.6 Å². The molecule has 4 rings (SSSR count). The molecule has 170 valence electrons. The predicted octanol–water partition coefficient (Wildman–Crippen LogP) is 4.41. The zero-order valence-electron chi connectivity index (χ0n) is 19.5. The van der Waals surface area contributed by atoms with Gasteiger partial charge in [-0.3, -0.25) is 14.5 Å². The van der Waals surface area contributed by atoms with Gasteiger partial charge in [0, 0.05) is 37.2 Å². The Labute approximate surface area is 191 Å². The molecule has 2 amide bonds. The summed E-state index contributed by atoms with van der Waals surface area (Å²) in [5.41, 5.74) is 3.19. The summed E-state index contributed by atoms with van der Waals surface area (Å²) in [6, 6.07) is 10.0. The Morgan fingerprint density at radius 3 is 2.66 bits per heavy atom. The Balaban J connectivity index is 1.59. The fourth-order valence-electron chi connectivity index (χ4n) is 4.84. The third-order valence-electron chi connectivity index (χ3n) is 6.49. The van der Waals surface area contributed by atoms with Crippen molar-refractivity contribution in [1.29, 1.82) is 0 Å². The summed E-state index contributed by atoms with van der Waals surface area (Å²) >= 11 is 0. The van der Waals surface area contributed by atoms with E-state index in [4.69, 9.17) is 9.97 Å². The van der Waals surface area contributed by atoms with Gasteiger partial charge in [0.15, 0.2) is 5.82 Å². The number of aryl methyl sites for hydroxylation is 2. The Morgan fingerprint density at radius 2 is 1.91 bits per heavy atom. The normalized spacial score (nSPS) is 18.8. The van der Waals surface area contributed by atoms with Gasteiger partial charge in [-0.25, -0.2) is 9.97 Å². The van der Waals surface area contributed by atoms with Gasteiger partial charge in [-0.05, 0) is 50.5 Å². The minimum Gasteiger partial charge on any atom is -0.332 e. The molecular formula is C26H34N4O2. The first-order valence-electron chi connectivity index (χ1n) is 11.9. The van der Waals surface area contributed by atoms with Crippen molar-refractivity contribution in [3.05, 3.63) is 53.0 Å². The number of piperidine rings is 1. The molecule has 1 aromatic heterocycles. The van der Waals surface area contributed by atoms with Crippen molar-refractivity contribution in [1.82, 2.24) is 14.9 Å². The summed E-state index contributed by atoms with van der Waals surface area (Å²) < 4.78 is 0. The first kappa shape index (κ1) is 22.4. The molecule has 3 heterocycles. The molecule has 32 heavy (non-hydrogen) atoms. The van der Waals surface area contributed by atoms with E-state index in [2.05, 4.69) is 26.0 Å². The highest BCUT2D eigenvalue weighted by Gasteiger charge is 2.33. The summed E-state index contributed by atoms with van der Waals surface area (Å²) in [4.78, 5) is 39.5. The molecule has 0 bridgehead atoms. The highest BCUT2D eigenvalue weighted by molar-refractivity contribution is 5.95. The number of benzene rings is 1. The molecule has 0 saturated carbocycles. The van der Waals surface area contributed by atoms with Gasteiger partial charge < -0.3 is 4.90 Å². The third-order valence-corrected chi connectivity index (χ3v) is 6.49. The number of rotatable bonds is 6. The largest absolute Gasteiger partial charge is 0.332 e. The Hall–Kier alpha value is -2.76. The topological polar surface area (TPSA) is 66.4 Å². The van der Waals surface area contributed by atoms with Crippen molar-refractivity contribution in [2.45, 2.75) is 71.8 Å². The molecule has 0 aliphatic carbocycles. The first-order chi connectivity index (χ1) is 15.4. The fourth-order valence-corrected chi connectivity index (χ4v) is 4.84. The van der Waals surface area contributed by atoms with E-state index in [1.165, 1.54) is 5.56 Å². The third kappa shape index (κ3) is 4.84. The minimum absolute atomic E-state index is 0.117. The number of fused-ring (bicyclic) bond motifs is 1. The van der Waals surface area contributed by atoms with Crippen LogP contribution in [0.5, 0.6) is 0 Å². The molecule has 2 aliphatic rings. The van der Waals surface area contributed by atoms with Gasteiger partial charge in [-0.2, -0.15) is 0 Å². The number of hydrogen-bond donors (Lipinski definition) is 0. The average molecular weight is 435 g/mol. The Kier molecular flexibility index (Phi) is 6.87. The van der Waals surface area contributed by atoms with Crippen molar-refractivity contribution in [3.63, 3.8) is 0 Å². The van der Waals surface area contributed by atoms with E-state index in [0.29, 0.717) is 37.5 Å². The van der Waals surface area contributed by atoms with E-state index in [0.717, 1.165) is 49.3 Å². The summed E-state index contributed by atoms with van der Waals surface area (Å²) in [5, 5.41) is 0. The van der Waals surface area contributed by atoms with E-state index in [-0.39, 0.29) is 17.9 Å². The maximum absolute atomic E-state index is 13.2. The van der Waals surface area contributed by atoms with E-state index < -0.39 is 0 Å². The first-order valence-corrected chi connectivity index (χ1v) is 11.9. The summed E-state index contributed by atoms with van der Waals surface area (Å²) in [7, 11) is 0. The zero-order valence-corrected chi connectivity index (χ0v) is 19.5. The zero-order chi connectivity index (χ0) is 22.7. The van der Waals surface area contributed by atoms with E-state index in [9.17, 15) is 9.59 Å². The number of amides is 2. The van der Waals surface area contributed by atoms with Crippen LogP contribution in [0.25, 0.3) is 0 Å². The lowest BCUT2D eigenvalue weighted by Crippen LogP contribution is -2.41. The highest BCUT2D eigenvalue weighted by atomic mass is 16.2. The molecule has 1 atom stereocenters. The van der Waals surface area contributed by atoms with Crippen LogP contribution >= 0.6 is 0 Å². The lowest BCUT2D eigenvalue weighted by atomic mass is 9.98. The van der Waals surface area contributed by atoms with Gasteiger partial charge in [0.25, 0.3) is 0 Å². The second-order valence-corrected chi connectivity index (χ2v) is 9.45. The van der Waals surface area contributed by atoms with E-state index >= 15 is 0 Å². The van der Waals surface area contributed by atoms with Crippen LogP contribution in [0.4, 0.5) is 5.82 Å². The SMILES string of the molecule is Cc1nc(C2CCCCN2C(=O)CCc2ccccc2)nc2c1CCC(=O)N2CC(C)C. The minimum atomic E-state index is -0.117. The number of hydrogen-bond acceptors (Lipinski definition) is 4. The molecule has 2 aliphatic heterocycles. The standard InChI is InChI=1S/C26H34N4O2/c1-18(2)17-30-24(32)15-13-21-19(3)27-25(28-26(21)30)22-11-7-8-16-29(22)23(31)14-12-20-9-5-4-6-10-20/h4-6,9-10,18,22H,7-8,11-17H2,1-3H3. The predicted molar refractivity (Wildman–Crippen MR) is 125 cm³/mol. The molecule has 6 nitrogen and oxygen atoms in total. The van der Waals surface area contributed by atoms with E-state index in [1.807, 2.05) is 34.9 Å². The molecule has 6 heteroatoms. The van der Waals surface area contributed by atoms with Crippen molar-refractivity contribution in [2.75, 3.05) is 18.0 Å². The summed E-state index contributed by atoms with van der Waals surface area (Å²) in [6.45, 7) is 7.64. The number of carbonyl (C=O) groups is 2. The second kappa shape index (κ2) is 9.80.